The zero-order valence-corrected chi connectivity index (χ0v) is 21.4. The molecule has 0 aliphatic heterocycles. The van der Waals surface area contributed by atoms with E-state index in [-0.39, 0.29) is 35.2 Å². The minimum Gasteiger partial charge on any atom is -0.289 e. The van der Waals surface area contributed by atoms with Gasteiger partial charge in [0.05, 0.1) is 0 Å². The summed E-state index contributed by atoms with van der Waals surface area (Å²) in [5.74, 6) is 1.39. The molecule has 4 atom stereocenters. The van der Waals surface area contributed by atoms with Crippen LogP contribution in [-0.2, 0) is 9.59 Å². The van der Waals surface area contributed by atoms with E-state index < -0.39 is 0 Å². The summed E-state index contributed by atoms with van der Waals surface area (Å²) in [6.45, 7) is 17.1. The Hall–Kier alpha value is -2.22. The number of carbonyl (C=O) groups is 2. The van der Waals surface area contributed by atoms with Gasteiger partial charge in [-0.3, -0.25) is 9.59 Å². The molecule has 0 saturated carbocycles. The van der Waals surface area contributed by atoms with Crippen LogP contribution in [0, 0.1) is 23.7 Å². The van der Waals surface area contributed by atoms with E-state index in [1.54, 1.807) is 0 Å². The molecule has 0 aromatic heterocycles. The molecule has 0 fully saturated rings. The first-order chi connectivity index (χ1) is 15.2. The van der Waals surface area contributed by atoms with Crippen LogP contribution in [0.2, 0.25) is 0 Å². The van der Waals surface area contributed by atoms with Crippen molar-refractivity contribution in [2.45, 2.75) is 81.1 Å². The van der Waals surface area contributed by atoms with E-state index in [2.05, 4.69) is 91.8 Å². The molecule has 2 heteroatoms. The van der Waals surface area contributed by atoms with Gasteiger partial charge in [0.2, 0.25) is 0 Å². The molecule has 0 aromatic carbocycles. The summed E-state index contributed by atoms with van der Waals surface area (Å²) in [4.78, 5) is 26.2. The van der Waals surface area contributed by atoms with Crippen molar-refractivity contribution < 1.29 is 9.59 Å². The molecule has 32 heavy (non-hydrogen) atoms. The molecule has 4 unspecified atom stereocenters. The first-order valence-electron chi connectivity index (χ1n) is 12.6. The Bertz CT molecular complexity index is 776. The van der Waals surface area contributed by atoms with E-state index in [1.807, 2.05) is 0 Å². The SMILES string of the molecule is CCC(C)C1=CC(=CC=C2C=C(C(C)CC)C(=O)C(C(C)CC)=C2)C=C(C(C)CC)C1=O. The fraction of sp³-hybridized carbons (Fsp3) is 0.533. The lowest BCUT2D eigenvalue weighted by molar-refractivity contribution is -0.114. The maximum absolute atomic E-state index is 13.1. The lowest BCUT2D eigenvalue weighted by Gasteiger charge is -2.23. The Kier molecular flexibility index (Phi) is 9.43. The molecule has 0 heterocycles. The van der Waals surface area contributed by atoms with Crippen LogP contribution >= 0.6 is 0 Å². The molecule has 0 saturated heterocycles. The summed E-state index contributed by atoms with van der Waals surface area (Å²) in [5.41, 5.74) is 5.80. The van der Waals surface area contributed by atoms with Crippen LogP contribution in [0.5, 0.6) is 0 Å². The molecular formula is C30H42O2. The summed E-state index contributed by atoms with van der Waals surface area (Å²) >= 11 is 0. The molecule has 0 bridgehead atoms. The van der Waals surface area contributed by atoms with Gasteiger partial charge in [-0.25, -0.2) is 0 Å². The second-order valence-corrected chi connectivity index (χ2v) is 9.63. The first kappa shape index (κ1) is 26.0. The number of ketones is 2. The standard InChI is InChI=1S/C30H42O2/c1-9-19(5)25-15-23(16-26(29(25)31)20(6)10-2)13-14-24-17-27(21(7)11-3)30(32)28(18-24)22(8)12-4/h13-22H,9-12H2,1-8H3. The van der Waals surface area contributed by atoms with Gasteiger partial charge in [-0.2, -0.15) is 0 Å². The molecular weight excluding hydrogens is 392 g/mol. The van der Waals surface area contributed by atoms with Gasteiger partial charge in [0.15, 0.2) is 11.6 Å². The van der Waals surface area contributed by atoms with Gasteiger partial charge in [0.1, 0.15) is 0 Å². The third kappa shape index (κ3) is 5.77. The summed E-state index contributed by atoms with van der Waals surface area (Å²) in [7, 11) is 0. The predicted octanol–water partition coefficient (Wildman–Crippen LogP) is 7.89. The summed E-state index contributed by atoms with van der Waals surface area (Å²) < 4.78 is 0. The minimum absolute atomic E-state index is 0.208. The van der Waals surface area contributed by atoms with Gasteiger partial charge in [-0.15, -0.1) is 0 Å². The third-order valence-electron chi connectivity index (χ3n) is 7.38. The van der Waals surface area contributed by atoms with Crippen LogP contribution in [0.3, 0.4) is 0 Å². The van der Waals surface area contributed by atoms with E-state index in [0.29, 0.717) is 0 Å². The Morgan fingerprint density at radius 1 is 0.531 bits per heavy atom. The maximum Gasteiger partial charge on any atom is 0.185 e. The number of Topliss-reactive ketones (excluding diaryl/α,β-unsaturated/α-hetero) is 2. The third-order valence-corrected chi connectivity index (χ3v) is 7.38. The topological polar surface area (TPSA) is 34.1 Å². The molecule has 0 aromatic rings. The highest BCUT2D eigenvalue weighted by Crippen LogP contribution is 2.33. The van der Waals surface area contributed by atoms with Crippen LogP contribution in [0.4, 0.5) is 0 Å². The number of rotatable bonds is 9. The maximum atomic E-state index is 13.1. The highest BCUT2D eigenvalue weighted by Gasteiger charge is 2.27. The summed E-state index contributed by atoms with van der Waals surface area (Å²) in [6, 6.07) is 0. The largest absolute Gasteiger partial charge is 0.289 e. The summed E-state index contributed by atoms with van der Waals surface area (Å²) in [6.07, 6.45) is 16.3. The Labute approximate surface area is 195 Å². The van der Waals surface area contributed by atoms with Crippen LogP contribution in [-0.4, -0.2) is 11.6 Å². The highest BCUT2D eigenvalue weighted by atomic mass is 16.1. The van der Waals surface area contributed by atoms with Crippen molar-refractivity contribution >= 4 is 11.6 Å². The Balaban J connectivity index is 2.56. The molecule has 0 N–H and O–H groups in total. The lowest BCUT2D eigenvalue weighted by atomic mass is 9.79. The molecule has 2 aliphatic rings. The molecule has 0 amide bonds. The van der Waals surface area contributed by atoms with E-state index >= 15 is 0 Å². The number of carbonyl (C=O) groups excluding carboxylic acids is 2. The van der Waals surface area contributed by atoms with Crippen LogP contribution in [0.1, 0.15) is 81.1 Å². The van der Waals surface area contributed by atoms with Crippen molar-refractivity contribution in [2.24, 2.45) is 23.7 Å². The molecule has 0 spiro atoms. The predicted molar refractivity (Wildman–Crippen MR) is 136 cm³/mol. The number of hydrogen-bond donors (Lipinski definition) is 0. The molecule has 2 aliphatic carbocycles. The minimum atomic E-state index is 0.208. The molecule has 0 radical (unpaired) electrons. The second kappa shape index (κ2) is 11.6. The van der Waals surface area contributed by atoms with Gasteiger partial charge in [-0.05, 0) is 84.8 Å². The van der Waals surface area contributed by atoms with E-state index in [4.69, 9.17) is 0 Å². The Morgan fingerprint density at radius 2 is 0.750 bits per heavy atom. The van der Waals surface area contributed by atoms with Crippen LogP contribution in [0.15, 0.2) is 69.9 Å². The zero-order chi connectivity index (χ0) is 24.0. The number of hydrogen-bond acceptors (Lipinski definition) is 2. The van der Waals surface area contributed by atoms with Gasteiger partial charge < -0.3 is 0 Å². The quantitative estimate of drug-likeness (QED) is 0.369. The van der Waals surface area contributed by atoms with Crippen molar-refractivity contribution in [3.63, 3.8) is 0 Å². The van der Waals surface area contributed by atoms with Crippen molar-refractivity contribution in [1.29, 1.82) is 0 Å². The smallest absolute Gasteiger partial charge is 0.185 e. The summed E-state index contributed by atoms with van der Waals surface area (Å²) in [5, 5.41) is 0. The van der Waals surface area contributed by atoms with Crippen LogP contribution < -0.4 is 0 Å². The normalized spacial score (nSPS) is 20.6. The average Bonchev–Trinajstić information content (AvgIpc) is 2.81. The van der Waals surface area contributed by atoms with Crippen molar-refractivity contribution in [1.82, 2.24) is 0 Å². The molecule has 2 nitrogen and oxygen atoms in total. The van der Waals surface area contributed by atoms with Gasteiger partial charge in [0.25, 0.3) is 0 Å². The van der Waals surface area contributed by atoms with Crippen molar-refractivity contribution in [2.75, 3.05) is 0 Å². The number of allylic oxidation sites excluding steroid dienone is 12. The van der Waals surface area contributed by atoms with Gasteiger partial charge in [-0.1, -0.05) is 67.5 Å². The van der Waals surface area contributed by atoms with Crippen LogP contribution in [0.25, 0.3) is 0 Å². The van der Waals surface area contributed by atoms with Crippen molar-refractivity contribution in [3.05, 3.63) is 69.9 Å². The van der Waals surface area contributed by atoms with E-state index in [9.17, 15) is 9.59 Å². The van der Waals surface area contributed by atoms with Crippen molar-refractivity contribution in [3.8, 4) is 0 Å². The fourth-order valence-corrected chi connectivity index (χ4v) is 4.13. The van der Waals surface area contributed by atoms with E-state index in [1.165, 1.54) is 0 Å². The average molecular weight is 435 g/mol. The lowest BCUT2D eigenvalue weighted by Crippen LogP contribution is -2.20. The zero-order valence-electron chi connectivity index (χ0n) is 21.4. The highest BCUT2D eigenvalue weighted by molar-refractivity contribution is 6.11. The molecule has 174 valence electrons. The van der Waals surface area contributed by atoms with Gasteiger partial charge >= 0.3 is 0 Å². The van der Waals surface area contributed by atoms with Gasteiger partial charge in [0, 0.05) is 22.3 Å². The Morgan fingerprint density at radius 3 is 0.938 bits per heavy atom. The second-order valence-electron chi connectivity index (χ2n) is 9.63. The molecule has 2 rings (SSSR count). The fourth-order valence-electron chi connectivity index (χ4n) is 4.13. The monoisotopic (exact) mass is 434 g/mol. The first-order valence-corrected chi connectivity index (χ1v) is 12.6. The van der Waals surface area contributed by atoms with E-state index in [0.717, 1.165) is 59.1 Å².